The highest BCUT2D eigenvalue weighted by atomic mass is 32.2. The van der Waals surface area contributed by atoms with Crippen LogP contribution in [0.4, 0.5) is 30.2 Å². The number of hydrogen-bond acceptors (Lipinski definition) is 5. The Kier molecular flexibility index (Phi) is 10.2. The standard InChI is InChI=1S/C26H35F3N4O4S/c1-6-18(17(2)16-25(3,4)5)14-23(34)30-21-8-7-9-22(15-21)38(36,37)33-20-12-10-19(11-13-20)31-32-24(35)26(27,28)29/h7-13,15,17-18,31,33H,6,14,16H2,1-5H3,(H,30,34)(H,32,35). The molecule has 0 aliphatic heterocycles. The molecule has 8 nitrogen and oxygen atoms in total. The molecule has 2 rings (SSSR count). The first kappa shape index (κ1) is 30.9. The molecule has 0 aromatic heterocycles. The van der Waals surface area contributed by atoms with Gasteiger partial charge in [-0.1, -0.05) is 47.1 Å². The van der Waals surface area contributed by atoms with E-state index >= 15 is 0 Å². The van der Waals surface area contributed by atoms with E-state index in [1.807, 2.05) is 0 Å². The molecular weight excluding hydrogens is 521 g/mol. The lowest BCUT2D eigenvalue weighted by Gasteiger charge is -2.29. The minimum absolute atomic E-state index is 0.0805. The van der Waals surface area contributed by atoms with Crippen LogP contribution in [0.3, 0.4) is 0 Å². The Morgan fingerprint density at radius 1 is 0.947 bits per heavy atom. The summed E-state index contributed by atoms with van der Waals surface area (Å²) in [6.45, 7) is 10.7. The predicted molar refractivity (Wildman–Crippen MR) is 142 cm³/mol. The third-order valence-corrected chi connectivity index (χ3v) is 7.23. The molecule has 0 heterocycles. The molecule has 2 amide bonds. The smallest absolute Gasteiger partial charge is 0.326 e. The summed E-state index contributed by atoms with van der Waals surface area (Å²) in [4.78, 5) is 23.5. The molecule has 38 heavy (non-hydrogen) atoms. The fraction of sp³-hybridized carbons (Fsp3) is 0.462. The highest BCUT2D eigenvalue weighted by Crippen LogP contribution is 2.32. The van der Waals surface area contributed by atoms with E-state index in [-0.39, 0.29) is 33.5 Å². The van der Waals surface area contributed by atoms with Crippen molar-refractivity contribution in [2.45, 2.75) is 65.0 Å². The number of halogens is 3. The topological polar surface area (TPSA) is 116 Å². The molecule has 0 radical (unpaired) electrons. The minimum Gasteiger partial charge on any atom is -0.326 e. The molecule has 0 bridgehead atoms. The van der Waals surface area contributed by atoms with Crippen LogP contribution >= 0.6 is 0 Å². The Morgan fingerprint density at radius 2 is 1.55 bits per heavy atom. The van der Waals surface area contributed by atoms with Crippen molar-refractivity contribution in [1.29, 1.82) is 0 Å². The van der Waals surface area contributed by atoms with Crippen LogP contribution in [0.15, 0.2) is 53.4 Å². The van der Waals surface area contributed by atoms with E-state index in [4.69, 9.17) is 0 Å². The number of alkyl halides is 3. The Balaban J connectivity index is 2.02. The number of sulfonamides is 1. The summed E-state index contributed by atoms with van der Waals surface area (Å²) in [5.41, 5.74) is 4.34. The fourth-order valence-electron chi connectivity index (χ4n) is 4.11. The Bertz CT molecular complexity index is 1210. The maximum absolute atomic E-state index is 12.9. The van der Waals surface area contributed by atoms with Crippen LogP contribution in [0.1, 0.15) is 53.9 Å². The highest BCUT2D eigenvalue weighted by molar-refractivity contribution is 7.92. The van der Waals surface area contributed by atoms with Gasteiger partial charge in [0.15, 0.2) is 0 Å². The Hall–Kier alpha value is -3.28. The molecular formula is C26H35F3N4O4S. The summed E-state index contributed by atoms with van der Waals surface area (Å²) < 4.78 is 64.9. The van der Waals surface area contributed by atoms with Crippen LogP contribution in [-0.4, -0.2) is 26.4 Å². The summed E-state index contributed by atoms with van der Waals surface area (Å²) in [6.07, 6.45) is -2.88. The molecule has 0 spiro atoms. The van der Waals surface area contributed by atoms with Crippen molar-refractivity contribution in [2.75, 3.05) is 15.5 Å². The molecule has 0 fully saturated rings. The van der Waals surface area contributed by atoms with E-state index < -0.39 is 22.1 Å². The molecule has 4 N–H and O–H groups in total. The van der Waals surface area contributed by atoms with Crippen molar-refractivity contribution in [3.8, 4) is 0 Å². The van der Waals surface area contributed by atoms with Gasteiger partial charge in [0, 0.05) is 17.8 Å². The Labute approximate surface area is 221 Å². The second-order valence-corrected chi connectivity index (χ2v) is 12.1. The van der Waals surface area contributed by atoms with Gasteiger partial charge in [0.25, 0.3) is 10.0 Å². The van der Waals surface area contributed by atoms with Crippen LogP contribution in [0.2, 0.25) is 0 Å². The zero-order valence-corrected chi connectivity index (χ0v) is 22.9. The zero-order valence-electron chi connectivity index (χ0n) is 22.1. The SMILES string of the molecule is CCC(CC(=O)Nc1cccc(S(=O)(=O)Nc2ccc(NNC(=O)C(F)(F)F)cc2)c1)C(C)CC(C)(C)C. The largest absolute Gasteiger partial charge is 0.472 e. The first-order valence-electron chi connectivity index (χ1n) is 12.2. The number of hydrazine groups is 1. The monoisotopic (exact) mass is 556 g/mol. The quantitative estimate of drug-likeness (QED) is 0.257. The summed E-state index contributed by atoms with van der Waals surface area (Å²) >= 11 is 0. The lowest BCUT2D eigenvalue weighted by Crippen LogP contribution is -2.40. The number of nitrogens with one attached hydrogen (secondary N) is 4. The fourth-order valence-corrected chi connectivity index (χ4v) is 5.21. The van der Waals surface area contributed by atoms with Crippen molar-refractivity contribution in [2.24, 2.45) is 17.3 Å². The van der Waals surface area contributed by atoms with Gasteiger partial charge in [0.2, 0.25) is 5.91 Å². The van der Waals surface area contributed by atoms with Gasteiger partial charge in [0.05, 0.1) is 10.6 Å². The molecule has 0 aliphatic carbocycles. The second kappa shape index (κ2) is 12.5. The lowest BCUT2D eigenvalue weighted by molar-refractivity contribution is -0.173. The van der Waals surface area contributed by atoms with E-state index in [9.17, 15) is 31.2 Å². The number of carbonyl (C=O) groups is 2. The van der Waals surface area contributed by atoms with Gasteiger partial charge in [-0.05, 0) is 66.1 Å². The minimum atomic E-state index is -5.04. The molecule has 12 heteroatoms. The maximum atomic E-state index is 12.9. The van der Waals surface area contributed by atoms with Gasteiger partial charge >= 0.3 is 12.1 Å². The second-order valence-electron chi connectivity index (χ2n) is 10.5. The van der Waals surface area contributed by atoms with Crippen LogP contribution < -0.4 is 20.9 Å². The highest BCUT2D eigenvalue weighted by Gasteiger charge is 2.38. The predicted octanol–water partition coefficient (Wildman–Crippen LogP) is 5.92. The van der Waals surface area contributed by atoms with E-state index in [0.29, 0.717) is 18.0 Å². The van der Waals surface area contributed by atoms with Crippen LogP contribution in [0.25, 0.3) is 0 Å². The van der Waals surface area contributed by atoms with Gasteiger partial charge in [-0.3, -0.25) is 25.2 Å². The van der Waals surface area contributed by atoms with Crippen LogP contribution in [0.5, 0.6) is 0 Å². The molecule has 2 aromatic rings. The first-order valence-corrected chi connectivity index (χ1v) is 13.6. The maximum Gasteiger partial charge on any atom is 0.472 e. The van der Waals surface area contributed by atoms with Gasteiger partial charge in [-0.15, -0.1) is 0 Å². The summed E-state index contributed by atoms with van der Waals surface area (Å²) in [6, 6.07) is 11.0. The molecule has 0 aliphatic rings. The summed E-state index contributed by atoms with van der Waals surface area (Å²) in [5, 5.41) is 2.79. The van der Waals surface area contributed by atoms with Crippen molar-refractivity contribution in [3.63, 3.8) is 0 Å². The van der Waals surface area contributed by atoms with Crippen LogP contribution in [-0.2, 0) is 19.6 Å². The third kappa shape index (κ3) is 9.88. The van der Waals surface area contributed by atoms with E-state index in [0.717, 1.165) is 12.8 Å². The van der Waals surface area contributed by atoms with Gasteiger partial charge in [-0.25, -0.2) is 8.42 Å². The van der Waals surface area contributed by atoms with Crippen LogP contribution in [0, 0.1) is 17.3 Å². The molecule has 2 aromatic carbocycles. The molecule has 210 valence electrons. The molecule has 2 unspecified atom stereocenters. The van der Waals surface area contributed by atoms with Gasteiger partial charge in [0.1, 0.15) is 0 Å². The molecule has 0 saturated heterocycles. The number of carbonyl (C=O) groups excluding carboxylic acids is 2. The number of rotatable bonds is 11. The van der Waals surface area contributed by atoms with Crippen molar-refractivity contribution in [1.82, 2.24) is 5.43 Å². The zero-order chi connectivity index (χ0) is 28.7. The summed E-state index contributed by atoms with van der Waals surface area (Å²) in [7, 11) is -4.03. The number of amides is 2. The summed E-state index contributed by atoms with van der Waals surface area (Å²) in [5.74, 6) is -1.81. The van der Waals surface area contributed by atoms with Crippen molar-refractivity contribution in [3.05, 3.63) is 48.5 Å². The third-order valence-electron chi connectivity index (χ3n) is 5.85. The number of anilines is 3. The average molecular weight is 557 g/mol. The first-order chi connectivity index (χ1) is 17.5. The molecule has 0 saturated carbocycles. The molecule has 2 atom stereocenters. The van der Waals surface area contributed by atoms with E-state index in [1.165, 1.54) is 47.9 Å². The van der Waals surface area contributed by atoms with Crippen molar-refractivity contribution >= 4 is 38.9 Å². The van der Waals surface area contributed by atoms with Gasteiger partial charge in [-0.2, -0.15) is 13.2 Å². The van der Waals surface area contributed by atoms with E-state index in [1.54, 1.807) is 6.07 Å². The Morgan fingerprint density at radius 3 is 2.11 bits per heavy atom. The number of hydrogen-bond donors (Lipinski definition) is 4. The average Bonchev–Trinajstić information content (AvgIpc) is 2.80. The van der Waals surface area contributed by atoms with Gasteiger partial charge < -0.3 is 5.32 Å². The normalized spacial score (nSPS) is 13.8. The lowest BCUT2D eigenvalue weighted by atomic mass is 9.77. The van der Waals surface area contributed by atoms with Crippen molar-refractivity contribution < 1.29 is 31.2 Å². The number of benzene rings is 2. The van der Waals surface area contributed by atoms with E-state index in [2.05, 4.69) is 50.1 Å².